The van der Waals surface area contributed by atoms with Gasteiger partial charge in [-0.25, -0.2) is 0 Å². The van der Waals surface area contributed by atoms with Crippen molar-refractivity contribution < 1.29 is 9.90 Å². The van der Waals surface area contributed by atoms with Crippen LogP contribution in [0.25, 0.3) is 0 Å². The van der Waals surface area contributed by atoms with Crippen molar-refractivity contribution in [2.75, 3.05) is 13.6 Å². The smallest absolute Gasteiger partial charge is 0.310 e. The SMILES string of the molecule is CCCC(C)(CN(C)C(C)Cc1cccs1)C(=O)O. The van der Waals surface area contributed by atoms with E-state index in [1.165, 1.54) is 4.88 Å². The Bertz CT molecular complexity index is 391. The van der Waals surface area contributed by atoms with Crippen LogP contribution in [0.2, 0.25) is 0 Å². The van der Waals surface area contributed by atoms with Gasteiger partial charge in [-0.05, 0) is 45.2 Å². The summed E-state index contributed by atoms with van der Waals surface area (Å²) in [5.41, 5.74) is -0.646. The van der Waals surface area contributed by atoms with Gasteiger partial charge in [0.25, 0.3) is 0 Å². The highest BCUT2D eigenvalue weighted by molar-refractivity contribution is 7.09. The van der Waals surface area contributed by atoms with Gasteiger partial charge in [-0.1, -0.05) is 19.4 Å². The summed E-state index contributed by atoms with van der Waals surface area (Å²) >= 11 is 1.76. The first kappa shape index (κ1) is 16.2. The van der Waals surface area contributed by atoms with Crippen molar-refractivity contribution in [3.8, 4) is 0 Å². The minimum Gasteiger partial charge on any atom is -0.481 e. The summed E-state index contributed by atoms with van der Waals surface area (Å²) < 4.78 is 0. The van der Waals surface area contributed by atoms with Gasteiger partial charge < -0.3 is 10.0 Å². The molecule has 0 radical (unpaired) electrons. The first-order valence-corrected chi connectivity index (χ1v) is 7.73. The maximum absolute atomic E-state index is 11.5. The van der Waals surface area contributed by atoms with E-state index in [9.17, 15) is 9.90 Å². The molecule has 0 bridgehead atoms. The van der Waals surface area contributed by atoms with Gasteiger partial charge in [0.15, 0.2) is 0 Å². The molecule has 0 fully saturated rings. The number of thiophene rings is 1. The van der Waals surface area contributed by atoms with Crippen LogP contribution >= 0.6 is 11.3 Å². The molecule has 0 aliphatic rings. The number of likely N-dealkylation sites (N-methyl/N-ethyl adjacent to an activating group) is 1. The third kappa shape index (κ3) is 4.62. The summed E-state index contributed by atoms with van der Waals surface area (Å²) in [4.78, 5) is 15.0. The highest BCUT2D eigenvalue weighted by Crippen LogP contribution is 2.26. The maximum atomic E-state index is 11.5. The van der Waals surface area contributed by atoms with Crippen LogP contribution in [0.1, 0.15) is 38.5 Å². The van der Waals surface area contributed by atoms with E-state index in [4.69, 9.17) is 0 Å². The Morgan fingerprint density at radius 2 is 2.26 bits per heavy atom. The highest BCUT2D eigenvalue weighted by atomic mass is 32.1. The quantitative estimate of drug-likeness (QED) is 0.794. The average Bonchev–Trinajstić information content (AvgIpc) is 2.81. The standard InChI is InChI=1S/C15H25NO2S/c1-5-8-15(3,14(17)18)11-16(4)12(2)10-13-7-6-9-19-13/h6-7,9,12H,5,8,10-11H2,1-4H3,(H,17,18). The van der Waals surface area contributed by atoms with Gasteiger partial charge in [0.2, 0.25) is 0 Å². The molecule has 19 heavy (non-hydrogen) atoms. The Morgan fingerprint density at radius 1 is 1.58 bits per heavy atom. The monoisotopic (exact) mass is 283 g/mol. The molecule has 0 spiro atoms. The highest BCUT2D eigenvalue weighted by Gasteiger charge is 2.34. The van der Waals surface area contributed by atoms with E-state index in [2.05, 4.69) is 29.3 Å². The van der Waals surface area contributed by atoms with Crippen molar-refractivity contribution in [3.05, 3.63) is 22.4 Å². The largest absolute Gasteiger partial charge is 0.481 e. The fourth-order valence-corrected chi connectivity index (χ4v) is 3.21. The number of hydrogen-bond acceptors (Lipinski definition) is 3. The molecule has 108 valence electrons. The molecule has 3 nitrogen and oxygen atoms in total. The van der Waals surface area contributed by atoms with E-state index in [0.717, 1.165) is 19.3 Å². The molecule has 2 unspecified atom stereocenters. The lowest BCUT2D eigenvalue weighted by Crippen LogP contribution is -2.43. The van der Waals surface area contributed by atoms with Crippen molar-refractivity contribution in [1.82, 2.24) is 4.90 Å². The summed E-state index contributed by atoms with van der Waals surface area (Å²) in [7, 11) is 2.02. The number of aliphatic carboxylic acids is 1. The zero-order valence-corrected chi connectivity index (χ0v) is 13.2. The second-order valence-electron chi connectivity index (χ2n) is 5.66. The van der Waals surface area contributed by atoms with Crippen molar-refractivity contribution in [1.29, 1.82) is 0 Å². The van der Waals surface area contributed by atoms with Gasteiger partial charge in [-0.3, -0.25) is 4.79 Å². The normalized spacial score (nSPS) is 16.3. The summed E-state index contributed by atoms with van der Waals surface area (Å²) in [6, 6.07) is 4.55. The van der Waals surface area contributed by atoms with E-state index >= 15 is 0 Å². The van der Waals surface area contributed by atoms with E-state index in [1.54, 1.807) is 11.3 Å². The molecule has 0 saturated heterocycles. The lowest BCUT2D eigenvalue weighted by atomic mass is 9.85. The van der Waals surface area contributed by atoms with Crippen LogP contribution in [-0.4, -0.2) is 35.6 Å². The molecule has 1 N–H and O–H groups in total. The third-order valence-corrected chi connectivity index (χ3v) is 4.64. The molecule has 2 atom stereocenters. The van der Waals surface area contributed by atoms with E-state index in [-0.39, 0.29) is 0 Å². The van der Waals surface area contributed by atoms with Crippen LogP contribution < -0.4 is 0 Å². The molecule has 4 heteroatoms. The van der Waals surface area contributed by atoms with Crippen LogP contribution in [0, 0.1) is 5.41 Å². The molecule has 0 saturated carbocycles. The number of rotatable bonds is 8. The predicted octanol–water partition coefficient (Wildman–Crippen LogP) is 3.50. The molecule has 0 aromatic carbocycles. The summed E-state index contributed by atoms with van der Waals surface area (Å²) in [6.07, 6.45) is 2.60. The van der Waals surface area contributed by atoms with Gasteiger partial charge in [0.05, 0.1) is 5.41 Å². The zero-order valence-electron chi connectivity index (χ0n) is 12.3. The number of nitrogens with zero attached hydrogens (tertiary/aromatic N) is 1. The number of carbonyl (C=O) groups is 1. The molecule has 0 amide bonds. The minimum atomic E-state index is -0.690. The van der Waals surface area contributed by atoms with Crippen LogP contribution in [0.15, 0.2) is 17.5 Å². The molecule has 0 aliphatic carbocycles. The average molecular weight is 283 g/mol. The molecular formula is C15H25NO2S. The number of carboxylic acids is 1. The van der Waals surface area contributed by atoms with Gasteiger partial charge in [0, 0.05) is 17.5 Å². The minimum absolute atomic E-state index is 0.356. The topological polar surface area (TPSA) is 40.5 Å². The van der Waals surface area contributed by atoms with Gasteiger partial charge >= 0.3 is 5.97 Å². The molecule has 0 aliphatic heterocycles. The Balaban J connectivity index is 2.61. The van der Waals surface area contributed by atoms with Gasteiger partial charge in [-0.2, -0.15) is 0 Å². The second kappa shape index (κ2) is 7.06. The summed E-state index contributed by atoms with van der Waals surface area (Å²) in [5, 5.41) is 11.5. The van der Waals surface area contributed by atoms with Crippen molar-refractivity contribution in [3.63, 3.8) is 0 Å². The fourth-order valence-electron chi connectivity index (χ4n) is 2.39. The summed E-state index contributed by atoms with van der Waals surface area (Å²) in [6.45, 7) is 6.65. The first-order valence-electron chi connectivity index (χ1n) is 6.85. The molecule has 1 aromatic heterocycles. The van der Waals surface area contributed by atoms with Crippen molar-refractivity contribution in [2.24, 2.45) is 5.41 Å². The summed E-state index contributed by atoms with van der Waals surface area (Å²) in [5.74, 6) is -0.690. The van der Waals surface area contributed by atoms with E-state index < -0.39 is 11.4 Å². The molecule has 1 aromatic rings. The maximum Gasteiger partial charge on any atom is 0.310 e. The predicted molar refractivity (Wildman–Crippen MR) is 80.8 cm³/mol. The lowest BCUT2D eigenvalue weighted by molar-refractivity contribution is -0.149. The third-order valence-electron chi connectivity index (χ3n) is 3.75. The van der Waals surface area contributed by atoms with E-state index in [0.29, 0.717) is 12.6 Å². The van der Waals surface area contributed by atoms with Gasteiger partial charge in [-0.15, -0.1) is 11.3 Å². The van der Waals surface area contributed by atoms with Crippen molar-refractivity contribution >= 4 is 17.3 Å². The van der Waals surface area contributed by atoms with Crippen LogP contribution in [-0.2, 0) is 11.2 Å². The Morgan fingerprint density at radius 3 is 2.74 bits per heavy atom. The molecular weight excluding hydrogens is 258 g/mol. The Labute approximate surface area is 120 Å². The molecule has 1 heterocycles. The van der Waals surface area contributed by atoms with Crippen LogP contribution in [0.3, 0.4) is 0 Å². The van der Waals surface area contributed by atoms with E-state index in [1.807, 2.05) is 20.9 Å². The van der Waals surface area contributed by atoms with Gasteiger partial charge in [0.1, 0.15) is 0 Å². The number of hydrogen-bond donors (Lipinski definition) is 1. The zero-order chi connectivity index (χ0) is 14.5. The number of carboxylic acid groups (broad SMARTS) is 1. The van der Waals surface area contributed by atoms with Crippen molar-refractivity contribution in [2.45, 2.75) is 46.1 Å². The molecule has 1 rings (SSSR count). The van der Waals surface area contributed by atoms with Crippen LogP contribution in [0.4, 0.5) is 0 Å². The Hall–Kier alpha value is -0.870. The Kier molecular flexibility index (Phi) is 6.01. The second-order valence-corrected chi connectivity index (χ2v) is 6.70. The first-order chi connectivity index (χ1) is 8.89. The lowest BCUT2D eigenvalue weighted by Gasteiger charge is -2.33. The fraction of sp³-hybridized carbons (Fsp3) is 0.667. The van der Waals surface area contributed by atoms with Crippen LogP contribution in [0.5, 0.6) is 0 Å².